The van der Waals surface area contributed by atoms with Gasteiger partial charge in [0.2, 0.25) is 6.79 Å². The molecule has 0 unspecified atom stereocenters. The molecular formula is C15H12N2O4. The number of ether oxygens (including phenoxy) is 2. The van der Waals surface area contributed by atoms with Crippen LogP contribution < -0.4 is 14.8 Å². The first-order valence-corrected chi connectivity index (χ1v) is 6.46. The highest BCUT2D eigenvalue weighted by atomic mass is 16.7. The number of fused-ring (bicyclic) bond motifs is 2. The normalized spacial score (nSPS) is 12.8. The van der Waals surface area contributed by atoms with Crippen molar-refractivity contribution in [2.75, 3.05) is 12.1 Å². The number of nitrogens with zero attached hydrogens (tertiary/aromatic N) is 1. The van der Waals surface area contributed by atoms with Crippen molar-refractivity contribution < 1.29 is 18.7 Å². The zero-order valence-corrected chi connectivity index (χ0v) is 11.3. The highest BCUT2D eigenvalue weighted by Gasteiger charge is 2.17. The molecule has 6 nitrogen and oxygen atoms in total. The standard InChI is InChI=1S/C15H12N2O4/c1-17-10-4-5-19-13(10)7-11(17)15(18)16-9-2-3-12-14(6-9)21-8-20-12/h2-7H,8H2,1H3,(H,16,18). The predicted molar refractivity (Wildman–Crippen MR) is 75.7 cm³/mol. The molecule has 1 amide bonds. The number of nitrogens with one attached hydrogen (secondary N) is 1. The van der Waals surface area contributed by atoms with Gasteiger partial charge in [0.25, 0.3) is 5.91 Å². The van der Waals surface area contributed by atoms with Crippen molar-refractivity contribution in [3.05, 3.63) is 42.3 Å². The summed E-state index contributed by atoms with van der Waals surface area (Å²) in [5, 5.41) is 2.84. The van der Waals surface area contributed by atoms with E-state index >= 15 is 0 Å². The number of hydrogen-bond acceptors (Lipinski definition) is 4. The molecule has 0 aliphatic carbocycles. The summed E-state index contributed by atoms with van der Waals surface area (Å²) in [6.07, 6.45) is 1.60. The van der Waals surface area contributed by atoms with Gasteiger partial charge in [-0.05, 0) is 12.1 Å². The molecule has 0 spiro atoms. The fourth-order valence-corrected chi connectivity index (χ4v) is 2.44. The van der Waals surface area contributed by atoms with Gasteiger partial charge in [0.1, 0.15) is 5.69 Å². The second-order valence-corrected chi connectivity index (χ2v) is 4.78. The molecule has 6 heteroatoms. The van der Waals surface area contributed by atoms with Gasteiger partial charge in [-0.25, -0.2) is 0 Å². The van der Waals surface area contributed by atoms with E-state index in [1.54, 1.807) is 35.1 Å². The minimum atomic E-state index is -0.206. The monoisotopic (exact) mass is 284 g/mol. The molecule has 4 rings (SSSR count). The summed E-state index contributed by atoms with van der Waals surface area (Å²) in [4.78, 5) is 12.4. The lowest BCUT2D eigenvalue weighted by molar-refractivity contribution is 0.101. The fourth-order valence-electron chi connectivity index (χ4n) is 2.44. The Morgan fingerprint density at radius 3 is 2.90 bits per heavy atom. The first-order chi connectivity index (χ1) is 10.2. The van der Waals surface area contributed by atoms with E-state index in [0.29, 0.717) is 28.5 Å². The Balaban J connectivity index is 1.63. The van der Waals surface area contributed by atoms with Crippen LogP contribution in [0.1, 0.15) is 10.5 Å². The number of amides is 1. The van der Waals surface area contributed by atoms with E-state index in [0.717, 1.165) is 5.52 Å². The summed E-state index contributed by atoms with van der Waals surface area (Å²) in [6.45, 7) is 0.209. The molecule has 1 N–H and O–H groups in total. The first kappa shape index (κ1) is 11.9. The van der Waals surface area contributed by atoms with Crippen LogP contribution in [-0.2, 0) is 7.05 Å². The van der Waals surface area contributed by atoms with Crippen molar-refractivity contribution in [2.45, 2.75) is 0 Å². The molecule has 3 aromatic rings. The Kier molecular flexibility index (Phi) is 2.44. The third-order valence-electron chi connectivity index (χ3n) is 3.53. The summed E-state index contributed by atoms with van der Waals surface area (Å²) in [6, 6.07) is 8.84. The van der Waals surface area contributed by atoms with Gasteiger partial charge in [-0.3, -0.25) is 4.79 Å². The van der Waals surface area contributed by atoms with Crippen LogP contribution in [0, 0.1) is 0 Å². The van der Waals surface area contributed by atoms with Crippen LogP contribution in [0.2, 0.25) is 0 Å². The Hall–Kier alpha value is -2.89. The van der Waals surface area contributed by atoms with Crippen LogP contribution in [-0.4, -0.2) is 17.3 Å². The van der Waals surface area contributed by atoms with Gasteiger partial charge in [0, 0.05) is 30.9 Å². The van der Waals surface area contributed by atoms with Crippen molar-refractivity contribution in [3.63, 3.8) is 0 Å². The number of aryl methyl sites for hydroxylation is 1. The van der Waals surface area contributed by atoms with Crippen LogP contribution in [0.25, 0.3) is 11.1 Å². The molecule has 1 aliphatic rings. The lowest BCUT2D eigenvalue weighted by Gasteiger charge is -2.07. The van der Waals surface area contributed by atoms with E-state index in [1.165, 1.54) is 0 Å². The largest absolute Gasteiger partial charge is 0.463 e. The highest BCUT2D eigenvalue weighted by Crippen LogP contribution is 2.34. The Morgan fingerprint density at radius 2 is 2.05 bits per heavy atom. The molecule has 21 heavy (non-hydrogen) atoms. The van der Waals surface area contributed by atoms with Crippen molar-refractivity contribution in [1.29, 1.82) is 0 Å². The topological polar surface area (TPSA) is 65.6 Å². The average Bonchev–Trinajstić information content (AvgIpc) is 3.16. The van der Waals surface area contributed by atoms with Crippen molar-refractivity contribution in [3.8, 4) is 11.5 Å². The van der Waals surface area contributed by atoms with Gasteiger partial charge >= 0.3 is 0 Å². The van der Waals surface area contributed by atoms with E-state index in [2.05, 4.69) is 5.32 Å². The van der Waals surface area contributed by atoms with Gasteiger partial charge in [0.05, 0.1) is 11.8 Å². The fraction of sp³-hybridized carbons (Fsp3) is 0.133. The molecule has 0 atom stereocenters. The maximum absolute atomic E-state index is 12.4. The van der Waals surface area contributed by atoms with E-state index in [-0.39, 0.29) is 12.7 Å². The molecule has 3 heterocycles. The Labute approximate surface area is 119 Å². The summed E-state index contributed by atoms with van der Waals surface area (Å²) >= 11 is 0. The van der Waals surface area contributed by atoms with Crippen LogP contribution in [0.4, 0.5) is 5.69 Å². The number of rotatable bonds is 2. The summed E-state index contributed by atoms with van der Waals surface area (Å²) in [5.74, 6) is 1.11. The van der Waals surface area contributed by atoms with Gasteiger partial charge < -0.3 is 23.8 Å². The smallest absolute Gasteiger partial charge is 0.272 e. The molecule has 106 valence electrons. The van der Waals surface area contributed by atoms with Crippen LogP contribution in [0.3, 0.4) is 0 Å². The predicted octanol–water partition coefficient (Wildman–Crippen LogP) is 2.75. The minimum absolute atomic E-state index is 0.206. The van der Waals surface area contributed by atoms with E-state index in [9.17, 15) is 4.79 Å². The van der Waals surface area contributed by atoms with E-state index in [4.69, 9.17) is 13.9 Å². The molecule has 0 bridgehead atoms. The molecule has 2 aromatic heterocycles. The lowest BCUT2D eigenvalue weighted by atomic mass is 10.2. The van der Waals surface area contributed by atoms with Crippen LogP contribution in [0.5, 0.6) is 11.5 Å². The molecular weight excluding hydrogens is 272 g/mol. The molecule has 0 radical (unpaired) electrons. The molecule has 0 saturated heterocycles. The number of benzene rings is 1. The maximum Gasteiger partial charge on any atom is 0.272 e. The summed E-state index contributed by atoms with van der Waals surface area (Å²) in [5.41, 5.74) is 2.75. The van der Waals surface area contributed by atoms with Crippen molar-refractivity contribution >= 4 is 22.7 Å². The van der Waals surface area contributed by atoms with Crippen molar-refractivity contribution in [1.82, 2.24) is 4.57 Å². The van der Waals surface area contributed by atoms with Crippen molar-refractivity contribution in [2.24, 2.45) is 7.05 Å². The van der Waals surface area contributed by atoms with E-state index in [1.807, 2.05) is 13.1 Å². The third-order valence-corrected chi connectivity index (χ3v) is 3.53. The summed E-state index contributed by atoms with van der Waals surface area (Å²) in [7, 11) is 1.83. The number of hydrogen-bond donors (Lipinski definition) is 1. The number of carbonyl (C=O) groups excluding carboxylic acids is 1. The van der Waals surface area contributed by atoms with E-state index < -0.39 is 0 Å². The molecule has 0 saturated carbocycles. The number of anilines is 1. The average molecular weight is 284 g/mol. The quantitative estimate of drug-likeness (QED) is 0.785. The van der Waals surface area contributed by atoms with Crippen LogP contribution in [0.15, 0.2) is 41.0 Å². The molecule has 1 aromatic carbocycles. The molecule has 0 fully saturated rings. The second-order valence-electron chi connectivity index (χ2n) is 4.78. The van der Waals surface area contributed by atoms with Gasteiger partial charge in [-0.15, -0.1) is 0 Å². The molecule has 1 aliphatic heterocycles. The maximum atomic E-state index is 12.4. The SMILES string of the molecule is Cn1c(C(=O)Nc2ccc3c(c2)OCO3)cc2occc21. The second kappa shape index (κ2) is 4.31. The number of carbonyl (C=O) groups is 1. The Bertz CT molecular complexity index is 847. The third kappa shape index (κ3) is 1.84. The lowest BCUT2D eigenvalue weighted by Crippen LogP contribution is -2.15. The zero-order chi connectivity index (χ0) is 14.4. The highest BCUT2D eigenvalue weighted by molar-refractivity contribution is 6.05. The summed E-state index contributed by atoms with van der Waals surface area (Å²) < 4.78 is 17.6. The van der Waals surface area contributed by atoms with Gasteiger partial charge in [-0.2, -0.15) is 0 Å². The number of aromatic nitrogens is 1. The van der Waals surface area contributed by atoms with Gasteiger partial charge in [-0.1, -0.05) is 0 Å². The van der Waals surface area contributed by atoms with Crippen LogP contribution >= 0.6 is 0 Å². The Morgan fingerprint density at radius 1 is 1.19 bits per heavy atom. The minimum Gasteiger partial charge on any atom is -0.463 e. The number of furan rings is 1. The zero-order valence-electron chi connectivity index (χ0n) is 11.3. The van der Waals surface area contributed by atoms with Gasteiger partial charge in [0.15, 0.2) is 17.1 Å². The first-order valence-electron chi connectivity index (χ1n) is 6.46.